The number of amides is 2. The maximum Gasteiger partial charge on any atom is 0.322 e. The van der Waals surface area contributed by atoms with Gasteiger partial charge >= 0.3 is 6.03 Å². The first-order valence-corrected chi connectivity index (χ1v) is 12.1. The topological polar surface area (TPSA) is 89.7 Å². The van der Waals surface area contributed by atoms with Gasteiger partial charge < -0.3 is 19.3 Å². The largest absolute Gasteiger partial charge is 0.497 e. The molecule has 4 aromatic rings. The van der Waals surface area contributed by atoms with Crippen LogP contribution in [0.4, 0.5) is 4.79 Å². The Morgan fingerprint density at radius 1 is 1.00 bits per heavy atom. The molecule has 1 aromatic heterocycles. The summed E-state index contributed by atoms with van der Waals surface area (Å²) < 4.78 is 16.7. The van der Waals surface area contributed by atoms with Gasteiger partial charge in [0, 0.05) is 11.3 Å². The van der Waals surface area contributed by atoms with Crippen molar-refractivity contribution in [1.82, 2.24) is 20.4 Å². The van der Waals surface area contributed by atoms with E-state index in [1.54, 1.807) is 12.0 Å². The standard InChI is InChI=1S/C29H28N4O4/c1-4-36-23-15-13-21(14-16-23)26-25(19(2)33(29(34)30-26)18-20-9-6-5-7-10-20)28-31-27(32-37-28)22-11-8-12-24(17-22)35-3/h5-17,26H,4,18H2,1-3H3,(H,30,34). The quantitative estimate of drug-likeness (QED) is 0.330. The summed E-state index contributed by atoms with van der Waals surface area (Å²) in [6.45, 7) is 4.84. The molecule has 8 nitrogen and oxygen atoms in total. The number of nitrogens with one attached hydrogen (secondary N) is 1. The lowest BCUT2D eigenvalue weighted by Gasteiger charge is -2.35. The minimum Gasteiger partial charge on any atom is -0.497 e. The molecule has 1 atom stereocenters. The fraction of sp³-hybridized carbons (Fsp3) is 0.207. The number of ether oxygens (including phenoxy) is 2. The van der Waals surface area contributed by atoms with Crippen LogP contribution in [0, 0.1) is 0 Å². The minimum absolute atomic E-state index is 0.198. The van der Waals surface area contributed by atoms with Crippen molar-refractivity contribution >= 4 is 11.6 Å². The first-order valence-electron chi connectivity index (χ1n) is 12.1. The van der Waals surface area contributed by atoms with Gasteiger partial charge in [-0.25, -0.2) is 4.79 Å². The predicted octanol–water partition coefficient (Wildman–Crippen LogP) is 5.84. The molecule has 3 aromatic carbocycles. The van der Waals surface area contributed by atoms with Crippen molar-refractivity contribution in [2.75, 3.05) is 13.7 Å². The van der Waals surface area contributed by atoms with Gasteiger partial charge in [-0.05, 0) is 49.2 Å². The van der Waals surface area contributed by atoms with Gasteiger partial charge in [0.15, 0.2) is 0 Å². The molecule has 0 saturated heterocycles. The van der Waals surface area contributed by atoms with Crippen molar-refractivity contribution in [2.45, 2.75) is 26.4 Å². The Morgan fingerprint density at radius 3 is 2.51 bits per heavy atom. The van der Waals surface area contributed by atoms with Crippen LogP contribution in [-0.4, -0.2) is 34.8 Å². The van der Waals surface area contributed by atoms with E-state index in [0.29, 0.717) is 30.6 Å². The van der Waals surface area contributed by atoms with Gasteiger partial charge in [-0.2, -0.15) is 4.98 Å². The monoisotopic (exact) mass is 496 g/mol. The summed E-state index contributed by atoms with van der Waals surface area (Å²) in [6, 6.07) is 24.3. The zero-order valence-electron chi connectivity index (χ0n) is 21.0. The van der Waals surface area contributed by atoms with E-state index in [-0.39, 0.29) is 6.03 Å². The summed E-state index contributed by atoms with van der Waals surface area (Å²) in [5, 5.41) is 7.38. The molecule has 0 bridgehead atoms. The van der Waals surface area contributed by atoms with E-state index in [9.17, 15) is 4.79 Å². The van der Waals surface area contributed by atoms with Crippen molar-refractivity contribution in [2.24, 2.45) is 0 Å². The van der Waals surface area contributed by atoms with Crippen LogP contribution in [0.15, 0.2) is 89.1 Å². The second-order valence-electron chi connectivity index (χ2n) is 8.61. The average Bonchev–Trinajstić information content (AvgIpc) is 3.42. The maximum atomic E-state index is 13.3. The summed E-state index contributed by atoms with van der Waals surface area (Å²) in [5.41, 5.74) is 4.14. The Hall–Kier alpha value is -4.59. The Balaban J connectivity index is 1.57. The van der Waals surface area contributed by atoms with Gasteiger partial charge in [0.1, 0.15) is 11.5 Å². The molecule has 1 unspecified atom stereocenters. The van der Waals surface area contributed by atoms with Gasteiger partial charge in [0.2, 0.25) is 5.82 Å². The molecular weight excluding hydrogens is 468 g/mol. The van der Waals surface area contributed by atoms with Crippen LogP contribution in [0.1, 0.15) is 36.9 Å². The Bertz CT molecular complexity index is 1410. The Morgan fingerprint density at radius 2 is 1.78 bits per heavy atom. The number of rotatable bonds is 8. The van der Waals surface area contributed by atoms with Gasteiger partial charge in [-0.3, -0.25) is 4.90 Å². The van der Waals surface area contributed by atoms with E-state index in [2.05, 4.69) is 10.5 Å². The minimum atomic E-state index is -0.478. The molecule has 188 valence electrons. The first-order chi connectivity index (χ1) is 18.1. The molecule has 2 amide bonds. The highest BCUT2D eigenvalue weighted by atomic mass is 16.5. The van der Waals surface area contributed by atoms with Gasteiger partial charge in [-0.1, -0.05) is 59.8 Å². The number of allylic oxidation sites excluding steroid dienone is 1. The van der Waals surface area contributed by atoms with E-state index < -0.39 is 6.04 Å². The number of hydrogen-bond acceptors (Lipinski definition) is 6. The number of methoxy groups -OCH3 is 1. The highest BCUT2D eigenvalue weighted by Gasteiger charge is 2.35. The number of nitrogens with zero attached hydrogens (tertiary/aromatic N) is 3. The summed E-state index contributed by atoms with van der Waals surface area (Å²) in [4.78, 5) is 19.7. The molecular formula is C29H28N4O4. The normalized spacial score (nSPS) is 15.5. The van der Waals surface area contributed by atoms with Crippen LogP contribution < -0.4 is 14.8 Å². The lowest BCUT2D eigenvalue weighted by Crippen LogP contribution is -2.45. The van der Waals surface area contributed by atoms with Crippen molar-refractivity contribution in [3.8, 4) is 22.9 Å². The maximum absolute atomic E-state index is 13.3. The lowest BCUT2D eigenvalue weighted by atomic mass is 9.94. The Labute approximate surface area is 215 Å². The van der Waals surface area contributed by atoms with Gasteiger partial charge in [-0.15, -0.1) is 0 Å². The molecule has 0 fully saturated rings. The molecule has 0 radical (unpaired) electrons. The fourth-order valence-electron chi connectivity index (χ4n) is 4.40. The zero-order valence-corrected chi connectivity index (χ0v) is 21.0. The molecule has 1 aliphatic rings. The highest BCUT2D eigenvalue weighted by Crippen LogP contribution is 2.38. The van der Waals surface area contributed by atoms with Crippen LogP contribution in [0.25, 0.3) is 17.0 Å². The SMILES string of the molecule is CCOc1ccc(C2NC(=O)N(Cc3ccccc3)C(C)=C2c2nc(-c3cccc(OC)c3)no2)cc1. The van der Waals surface area contributed by atoms with Crippen molar-refractivity contribution in [3.63, 3.8) is 0 Å². The second kappa shape index (κ2) is 10.6. The predicted molar refractivity (Wildman–Crippen MR) is 140 cm³/mol. The van der Waals surface area contributed by atoms with Gasteiger partial charge in [0.05, 0.1) is 31.9 Å². The van der Waals surface area contributed by atoms with E-state index in [4.69, 9.17) is 19.0 Å². The molecule has 5 rings (SSSR count). The van der Waals surface area contributed by atoms with E-state index in [1.807, 2.05) is 92.7 Å². The van der Waals surface area contributed by atoms with Crippen molar-refractivity contribution < 1.29 is 18.8 Å². The number of benzene rings is 3. The number of carbonyl (C=O) groups is 1. The smallest absolute Gasteiger partial charge is 0.322 e. The third kappa shape index (κ3) is 5.04. The van der Waals surface area contributed by atoms with Crippen LogP contribution in [-0.2, 0) is 6.54 Å². The van der Waals surface area contributed by atoms with Crippen LogP contribution >= 0.6 is 0 Å². The van der Waals surface area contributed by atoms with Crippen LogP contribution in [0.3, 0.4) is 0 Å². The third-order valence-corrected chi connectivity index (χ3v) is 6.29. The van der Waals surface area contributed by atoms with Crippen LogP contribution in [0.2, 0.25) is 0 Å². The lowest BCUT2D eigenvalue weighted by molar-refractivity contribution is 0.203. The van der Waals surface area contributed by atoms with E-state index in [1.165, 1.54) is 0 Å². The Kier molecular flexibility index (Phi) is 6.89. The van der Waals surface area contributed by atoms with Crippen molar-refractivity contribution in [1.29, 1.82) is 0 Å². The molecule has 1 N–H and O–H groups in total. The highest BCUT2D eigenvalue weighted by molar-refractivity contribution is 5.87. The second-order valence-corrected chi connectivity index (χ2v) is 8.61. The summed E-state index contributed by atoms with van der Waals surface area (Å²) >= 11 is 0. The third-order valence-electron chi connectivity index (χ3n) is 6.29. The zero-order chi connectivity index (χ0) is 25.8. The van der Waals surface area contributed by atoms with Gasteiger partial charge in [0.25, 0.3) is 5.89 Å². The molecule has 0 saturated carbocycles. The number of carbonyl (C=O) groups excluding carboxylic acids is 1. The first kappa shape index (κ1) is 24.1. The molecule has 1 aliphatic heterocycles. The van der Waals surface area contributed by atoms with Crippen molar-refractivity contribution in [3.05, 3.63) is 102 Å². The fourth-order valence-corrected chi connectivity index (χ4v) is 4.40. The molecule has 8 heteroatoms. The number of aromatic nitrogens is 2. The summed E-state index contributed by atoms with van der Waals surface area (Å²) in [6.07, 6.45) is 0. The number of urea groups is 1. The molecule has 0 aliphatic carbocycles. The van der Waals surface area contributed by atoms with E-state index >= 15 is 0 Å². The summed E-state index contributed by atoms with van der Waals surface area (Å²) in [7, 11) is 1.61. The molecule has 2 heterocycles. The summed E-state index contributed by atoms with van der Waals surface area (Å²) in [5.74, 6) is 2.24. The van der Waals surface area contributed by atoms with E-state index in [0.717, 1.165) is 33.7 Å². The average molecular weight is 497 g/mol. The molecule has 0 spiro atoms. The number of hydrogen-bond donors (Lipinski definition) is 1. The molecule has 37 heavy (non-hydrogen) atoms. The van der Waals surface area contributed by atoms with Crippen LogP contribution in [0.5, 0.6) is 11.5 Å².